The lowest BCUT2D eigenvalue weighted by atomic mass is 9.98. The quantitative estimate of drug-likeness (QED) is 0.130. The molecule has 0 saturated carbocycles. The SMILES string of the molecule is COc1ccc2c(c1)c(C(=O)Oc1c(C)cc(CCC#N)cc1C)c1cc3ccccc3cc1[n+]2C. The van der Waals surface area contributed by atoms with Crippen LogP contribution in [0.1, 0.15) is 33.5 Å². The molecule has 0 aliphatic heterocycles. The largest absolute Gasteiger partial charge is 0.497 e. The van der Waals surface area contributed by atoms with Crippen LogP contribution in [0.5, 0.6) is 11.5 Å². The maximum absolute atomic E-state index is 13.9. The van der Waals surface area contributed by atoms with Crippen LogP contribution in [0.25, 0.3) is 32.6 Å². The Morgan fingerprint density at radius 3 is 2.25 bits per heavy atom. The van der Waals surface area contributed by atoms with Crippen molar-refractivity contribution in [2.75, 3.05) is 7.11 Å². The lowest BCUT2D eigenvalue weighted by Gasteiger charge is -2.15. The molecule has 0 bridgehead atoms. The van der Waals surface area contributed by atoms with E-state index in [1.165, 1.54) is 0 Å². The molecule has 0 N–H and O–H groups in total. The Kier molecular flexibility index (Phi) is 6.03. The molecule has 4 aromatic carbocycles. The molecule has 0 radical (unpaired) electrons. The molecule has 36 heavy (non-hydrogen) atoms. The zero-order chi connectivity index (χ0) is 25.4. The van der Waals surface area contributed by atoms with Gasteiger partial charge in [0.25, 0.3) is 0 Å². The highest BCUT2D eigenvalue weighted by atomic mass is 16.5. The molecule has 178 valence electrons. The summed E-state index contributed by atoms with van der Waals surface area (Å²) in [5, 5.41) is 12.7. The van der Waals surface area contributed by atoms with Gasteiger partial charge >= 0.3 is 5.97 Å². The summed E-state index contributed by atoms with van der Waals surface area (Å²) in [6, 6.07) is 24.2. The Labute approximate surface area is 210 Å². The summed E-state index contributed by atoms with van der Waals surface area (Å²) in [7, 11) is 3.63. The number of rotatable bonds is 5. The third-order valence-corrected chi connectivity index (χ3v) is 6.77. The second-order valence-corrected chi connectivity index (χ2v) is 9.14. The number of carbonyl (C=O) groups is 1. The predicted octanol–water partition coefficient (Wildman–Crippen LogP) is 6.27. The summed E-state index contributed by atoms with van der Waals surface area (Å²) in [4.78, 5) is 13.9. The van der Waals surface area contributed by atoms with Crippen molar-refractivity contribution in [1.82, 2.24) is 0 Å². The second kappa shape index (κ2) is 9.31. The molecule has 5 nitrogen and oxygen atoms in total. The third kappa shape index (κ3) is 4.01. The number of nitrogens with zero attached hydrogens (tertiary/aromatic N) is 2. The van der Waals surface area contributed by atoms with Gasteiger partial charge in [-0.25, -0.2) is 4.79 Å². The average molecular weight is 476 g/mol. The first kappa shape index (κ1) is 23.3. The van der Waals surface area contributed by atoms with Gasteiger partial charge < -0.3 is 9.47 Å². The molecule has 5 heteroatoms. The monoisotopic (exact) mass is 475 g/mol. The number of carbonyl (C=O) groups excluding carboxylic acids is 1. The molecular weight excluding hydrogens is 448 g/mol. The van der Waals surface area contributed by atoms with E-state index in [4.69, 9.17) is 14.7 Å². The van der Waals surface area contributed by atoms with Crippen LogP contribution in [-0.2, 0) is 13.5 Å². The Balaban J connectivity index is 1.73. The zero-order valence-corrected chi connectivity index (χ0v) is 20.9. The highest BCUT2D eigenvalue weighted by Crippen LogP contribution is 2.33. The lowest BCUT2D eigenvalue weighted by molar-refractivity contribution is -0.617. The number of ether oxygens (including phenoxy) is 2. The van der Waals surface area contributed by atoms with Gasteiger partial charge in [0, 0.05) is 18.6 Å². The molecule has 0 saturated heterocycles. The number of nitriles is 1. The lowest BCUT2D eigenvalue weighted by Crippen LogP contribution is -2.31. The second-order valence-electron chi connectivity index (χ2n) is 9.14. The number of hydrogen-bond donors (Lipinski definition) is 0. The Bertz CT molecular complexity index is 1690. The van der Waals surface area contributed by atoms with E-state index in [0.29, 0.717) is 29.9 Å². The Morgan fingerprint density at radius 1 is 0.917 bits per heavy atom. The average Bonchev–Trinajstić information content (AvgIpc) is 2.88. The van der Waals surface area contributed by atoms with Crippen LogP contribution in [-0.4, -0.2) is 13.1 Å². The van der Waals surface area contributed by atoms with Crippen LogP contribution in [0.4, 0.5) is 0 Å². The number of benzene rings is 4. The van der Waals surface area contributed by atoms with Crippen LogP contribution in [0.3, 0.4) is 0 Å². The number of aromatic nitrogens is 1. The van der Waals surface area contributed by atoms with Gasteiger partial charge in [-0.2, -0.15) is 9.83 Å². The van der Waals surface area contributed by atoms with Crippen LogP contribution in [0.15, 0.2) is 66.7 Å². The molecule has 0 spiro atoms. The summed E-state index contributed by atoms with van der Waals surface area (Å²) < 4.78 is 13.7. The van der Waals surface area contributed by atoms with Crippen molar-refractivity contribution in [3.8, 4) is 17.6 Å². The van der Waals surface area contributed by atoms with E-state index in [1.807, 2.05) is 69.4 Å². The van der Waals surface area contributed by atoms with Gasteiger partial charge in [-0.15, -0.1) is 0 Å². The highest BCUT2D eigenvalue weighted by molar-refractivity contribution is 6.15. The molecule has 0 aliphatic carbocycles. The summed E-state index contributed by atoms with van der Waals surface area (Å²) in [5.74, 6) is 0.815. The summed E-state index contributed by atoms with van der Waals surface area (Å²) in [6.45, 7) is 3.87. The molecule has 1 aromatic heterocycles. The molecule has 1 heterocycles. The zero-order valence-electron chi connectivity index (χ0n) is 20.9. The van der Waals surface area contributed by atoms with Crippen molar-refractivity contribution in [1.29, 1.82) is 5.26 Å². The van der Waals surface area contributed by atoms with E-state index in [-0.39, 0.29) is 0 Å². The number of fused-ring (bicyclic) bond motifs is 3. The summed E-state index contributed by atoms with van der Waals surface area (Å²) in [6.07, 6.45) is 1.12. The Hall–Kier alpha value is -4.43. The van der Waals surface area contributed by atoms with Crippen LogP contribution >= 0.6 is 0 Å². The molecule has 0 aliphatic rings. The van der Waals surface area contributed by atoms with Gasteiger partial charge in [-0.3, -0.25) is 0 Å². The van der Waals surface area contributed by atoms with E-state index in [2.05, 4.69) is 28.8 Å². The van der Waals surface area contributed by atoms with Crippen molar-refractivity contribution in [2.24, 2.45) is 7.05 Å². The molecule has 0 fully saturated rings. The predicted molar refractivity (Wildman–Crippen MR) is 141 cm³/mol. The standard InChI is InChI=1S/C31H27N2O3/c1-19-14-21(8-7-13-32)15-20(2)30(19)36-31(34)29-25-16-22-9-5-6-10-23(22)17-28(25)33(3)27-12-11-24(35-4)18-26(27)29/h5-6,9-12,14-18H,7-8H2,1-4H3/q+1. The van der Waals surface area contributed by atoms with Gasteiger partial charge in [0.2, 0.25) is 11.0 Å². The van der Waals surface area contributed by atoms with E-state index in [0.717, 1.165) is 49.3 Å². The fourth-order valence-corrected chi connectivity index (χ4v) is 5.02. The first-order valence-corrected chi connectivity index (χ1v) is 11.9. The van der Waals surface area contributed by atoms with Crippen LogP contribution in [0, 0.1) is 25.2 Å². The van der Waals surface area contributed by atoms with Crippen LogP contribution in [0.2, 0.25) is 0 Å². The molecule has 5 aromatic rings. The third-order valence-electron chi connectivity index (χ3n) is 6.77. The van der Waals surface area contributed by atoms with Crippen molar-refractivity contribution in [2.45, 2.75) is 26.7 Å². The molecular formula is C31H27N2O3+. The number of pyridine rings is 1. The first-order chi connectivity index (χ1) is 17.4. The van der Waals surface area contributed by atoms with Crippen molar-refractivity contribution < 1.29 is 18.8 Å². The van der Waals surface area contributed by atoms with E-state index >= 15 is 0 Å². The van der Waals surface area contributed by atoms with Crippen molar-refractivity contribution >= 4 is 38.5 Å². The normalized spacial score (nSPS) is 11.1. The Morgan fingerprint density at radius 2 is 1.58 bits per heavy atom. The van der Waals surface area contributed by atoms with E-state index < -0.39 is 5.97 Å². The van der Waals surface area contributed by atoms with E-state index in [1.54, 1.807) is 7.11 Å². The van der Waals surface area contributed by atoms with Gasteiger partial charge in [0.1, 0.15) is 18.5 Å². The minimum Gasteiger partial charge on any atom is -0.497 e. The smallest absolute Gasteiger partial charge is 0.345 e. The van der Waals surface area contributed by atoms with Crippen molar-refractivity contribution in [3.63, 3.8) is 0 Å². The fraction of sp³-hybridized carbons (Fsp3) is 0.194. The van der Waals surface area contributed by atoms with Gasteiger partial charge in [0.15, 0.2) is 0 Å². The number of aryl methyl sites for hydroxylation is 4. The van der Waals surface area contributed by atoms with E-state index in [9.17, 15) is 4.79 Å². The number of esters is 1. The minimum absolute atomic E-state index is 0.412. The fourth-order valence-electron chi connectivity index (χ4n) is 5.02. The van der Waals surface area contributed by atoms with Crippen LogP contribution < -0.4 is 14.0 Å². The van der Waals surface area contributed by atoms with Gasteiger partial charge in [-0.1, -0.05) is 36.4 Å². The van der Waals surface area contributed by atoms with Crippen molar-refractivity contribution in [3.05, 3.63) is 89.0 Å². The molecule has 0 amide bonds. The summed E-state index contributed by atoms with van der Waals surface area (Å²) in [5.41, 5.74) is 5.16. The molecule has 0 atom stereocenters. The summed E-state index contributed by atoms with van der Waals surface area (Å²) >= 11 is 0. The first-order valence-electron chi connectivity index (χ1n) is 11.9. The number of methoxy groups -OCH3 is 1. The van der Waals surface area contributed by atoms with Gasteiger partial charge in [-0.05, 0) is 65.9 Å². The number of hydrogen-bond acceptors (Lipinski definition) is 4. The van der Waals surface area contributed by atoms with Gasteiger partial charge in [0.05, 0.1) is 29.5 Å². The maximum atomic E-state index is 13.9. The highest BCUT2D eigenvalue weighted by Gasteiger charge is 2.26. The molecule has 0 unspecified atom stereocenters. The maximum Gasteiger partial charge on any atom is 0.345 e. The molecule has 5 rings (SSSR count). The minimum atomic E-state index is -0.412. The topological polar surface area (TPSA) is 63.2 Å².